The van der Waals surface area contributed by atoms with Gasteiger partial charge in [0.2, 0.25) is 0 Å². The van der Waals surface area contributed by atoms with Crippen LogP contribution in [0.2, 0.25) is 0 Å². The second-order valence-electron chi connectivity index (χ2n) is 2.80. The fourth-order valence-corrected chi connectivity index (χ4v) is 3.19. The first-order chi connectivity index (χ1) is 3.71. The molecular formula is C6H14OS. The lowest BCUT2D eigenvalue weighted by molar-refractivity contribution is 0.647. The van der Waals surface area contributed by atoms with Crippen molar-refractivity contribution in [3.63, 3.8) is 0 Å². The van der Waals surface area contributed by atoms with Gasteiger partial charge in [0.1, 0.15) is 0 Å². The molecule has 1 saturated heterocycles. The van der Waals surface area contributed by atoms with E-state index in [1.54, 1.807) is 0 Å². The molecule has 1 aliphatic heterocycles. The first kappa shape index (κ1) is 6.27. The quantitative estimate of drug-likeness (QED) is 0.485. The lowest BCUT2D eigenvalue weighted by Crippen LogP contribution is -2.22. The molecule has 0 saturated carbocycles. The number of hydrogen-bond acceptors (Lipinski definition) is 1. The van der Waals surface area contributed by atoms with Crippen molar-refractivity contribution < 1.29 is 4.21 Å². The van der Waals surface area contributed by atoms with Gasteiger partial charge in [-0.15, -0.1) is 9.93 Å². The fraction of sp³-hybridized carbons (Fsp3) is 1.00. The van der Waals surface area contributed by atoms with Crippen LogP contribution in [0.15, 0.2) is 0 Å². The van der Waals surface area contributed by atoms with Gasteiger partial charge in [-0.05, 0) is 19.1 Å². The summed E-state index contributed by atoms with van der Waals surface area (Å²) < 4.78 is 11.2. The zero-order valence-corrected chi connectivity index (χ0v) is 6.29. The van der Waals surface area contributed by atoms with Gasteiger partial charge in [-0.3, -0.25) is 4.21 Å². The van der Waals surface area contributed by atoms with Gasteiger partial charge in [0.25, 0.3) is 0 Å². The lowest BCUT2D eigenvalue weighted by atomic mass is 10.3. The molecule has 8 heavy (non-hydrogen) atoms. The van der Waals surface area contributed by atoms with E-state index < -0.39 is 9.93 Å². The summed E-state index contributed by atoms with van der Waals surface area (Å²) in [5, 5.41) is 0. The third kappa shape index (κ3) is 1.58. The van der Waals surface area contributed by atoms with E-state index in [0.29, 0.717) is 0 Å². The van der Waals surface area contributed by atoms with Crippen LogP contribution in [-0.2, 0) is 9.93 Å². The summed E-state index contributed by atoms with van der Waals surface area (Å²) in [7, 11) is -1.59. The molecule has 0 aromatic heterocycles. The lowest BCUT2D eigenvalue weighted by Gasteiger charge is -2.22. The molecule has 1 heterocycles. The maximum absolute atomic E-state index is 11.2. The van der Waals surface area contributed by atoms with Gasteiger partial charge in [-0.25, -0.2) is 0 Å². The van der Waals surface area contributed by atoms with Gasteiger partial charge in [0.15, 0.2) is 0 Å². The maximum Gasteiger partial charge on any atom is 0.00102 e. The third-order valence-corrected chi connectivity index (χ3v) is 4.29. The molecule has 0 amide bonds. The zero-order chi connectivity index (χ0) is 6.04. The standard InChI is InChI=1S/C6H14OS/c1-8(7)5-3-2-4-6-8/h8H,2-6H2,1H3. The highest BCUT2D eigenvalue weighted by atomic mass is 32.2. The van der Waals surface area contributed by atoms with Crippen molar-refractivity contribution in [1.29, 1.82) is 0 Å². The molecular weight excluding hydrogens is 120 g/mol. The Morgan fingerprint density at radius 2 is 1.62 bits per heavy atom. The Bertz CT molecular complexity index is 110. The summed E-state index contributed by atoms with van der Waals surface area (Å²) in [4.78, 5) is 0. The largest absolute Gasteiger partial charge is 0.285 e. The van der Waals surface area contributed by atoms with Gasteiger partial charge < -0.3 is 0 Å². The average molecular weight is 134 g/mol. The molecule has 0 radical (unpaired) electrons. The smallest absolute Gasteiger partial charge is 0.00102 e. The van der Waals surface area contributed by atoms with E-state index >= 15 is 0 Å². The first-order valence-corrected chi connectivity index (χ1v) is 5.79. The Kier molecular flexibility index (Phi) is 1.71. The van der Waals surface area contributed by atoms with Crippen LogP contribution >= 0.6 is 0 Å². The molecule has 0 aromatic carbocycles. The maximum atomic E-state index is 11.2. The van der Waals surface area contributed by atoms with Crippen molar-refractivity contribution in [1.82, 2.24) is 0 Å². The number of thiol groups is 1. The fourth-order valence-electron chi connectivity index (χ4n) is 1.18. The minimum absolute atomic E-state index is 1.01. The van der Waals surface area contributed by atoms with Crippen LogP contribution in [0.5, 0.6) is 0 Å². The van der Waals surface area contributed by atoms with E-state index in [4.69, 9.17) is 0 Å². The van der Waals surface area contributed by atoms with E-state index in [0.717, 1.165) is 11.5 Å². The topological polar surface area (TPSA) is 17.1 Å². The van der Waals surface area contributed by atoms with Gasteiger partial charge in [-0.1, -0.05) is 6.42 Å². The normalized spacial score (nSPS) is 31.6. The Morgan fingerprint density at radius 3 is 1.88 bits per heavy atom. The van der Waals surface area contributed by atoms with Gasteiger partial charge in [0, 0.05) is 11.5 Å². The minimum atomic E-state index is -1.59. The summed E-state index contributed by atoms with van der Waals surface area (Å²) in [6.45, 7) is 0. The predicted molar refractivity (Wildman–Crippen MR) is 39.0 cm³/mol. The van der Waals surface area contributed by atoms with E-state index in [9.17, 15) is 4.21 Å². The summed E-state index contributed by atoms with van der Waals surface area (Å²) >= 11 is 0. The molecule has 0 aromatic rings. The Labute approximate surface area is 51.9 Å². The molecule has 1 rings (SSSR count). The van der Waals surface area contributed by atoms with Gasteiger partial charge in [0.05, 0.1) is 0 Å². The third-order valence-electron chi connectivity index (χ3n) is 1.76. The Hall–Kier alpha value is 0.150. The van der Waals surface area contributed by atoms with Crippen molar-refractivity contribution >= 4 is 9.93 Å². The number of hydrogen-bond donors (Lipinski definition) is 1. The van der Waals surface area contributed by atoms with Crippen molar-refractivity contribution in [3.05, 3.63) is 0 Å². The second-order valence-corrected chi connectivity index (χ2v) is 6.29. The molecule has 1 nitrogen and oxygen atoms in total. The SMILES string of the molecule is C[SH]1(=O)CCCCC1. The Morgan fingerprint density at radius 1 is 1.12 bits per heavy atom. The molecule has 50 valence electrons. The van der Waals surface area contributed by atoms with Crippen LogP contribution < -0.4 is 0 Å². The molecule has 1 aliphatic rings. The summed E-state index contributed by atoms with van der Waals surface area (Å²) in [5.74, 6) is 2.01. The highest BCUT2D eigenvalue weighted by Crippen LogP contribution is 2.14. The van der Waals surface area contributed by atoms with Gasteiger partial charge >= 0.3 is 0 Å². The molecule has 0 bridgehead atoms. The van der Waals surface area contributed by atoms with Crippen LogP contribution in [0.3, 0.4) is 0 Å². The molecule has 2 heteroatoms. The van der Waals surface area contributed by atoms with Crippen LogP contribution in [0.1, 0.15) is 19.3 Å². The molecule has 0 spiro atoms. The van der Waals surface area contributed by atoms with E-state index in [1.807, 2.05) is 6.26 Å². The summed E-state index contributed by atoms with van der Waals surface area (Å²) in [5.41, 5.74) is 0. The van der Waals surface area contributed by atoms with Crippen molar-refractivity contribution in [2.75, 3.05) is 17.8 Å². The monoisotopic (exact) mass is 134 g/mol. The summed E-state index contributed by atoms with van der Waals surface area (Å²) in [6, 6.07) is 0. The molecule has 0 unspecified atom stereocenters. The number of rotatable bonds is 0. The average Bonchev–Trinajstić information content (AvgIpc) is 1.65. The molecule has 0 aliphatic carbocycles. The summed E-state index contributed by atoms with van der Waals surface area (Å²) in [6.07, 6.45) is 5.64. The van der Waals surface area contributed by atoms with E-state index in [1.165, 1.54) is 19.3 Å². The van der Waals surface area contributed by atoms with Crippen LogP contribution in [0.4, 0.5) is 0 Å². The van der Waals surface area contributed by atoms with Crippen LogP contribution in [0, 0.1) is 0 Å². The Balaban J connectivity index is 2.45. The van der Waals surface area contributed by atoms with Crippen molar-refractivity contribution in [2.24, 2.45) is 0 Å². The van der Waals surface area contributed by atoms with Gasteiger partial charge in [-0.2, -0.15) is 0 Å². The van der Waals surface area contributed by atoms with Crippen molar-refractivity contribution in [3.8, 4) is 0 Å². The predicted octanol–water partition coefficient (Wildman–Crippen LogP) is 0.817. The van der Waals surface area contributed by atoms with Crippen molar-refractivity contribution in [2.45, 2.75) is 19.3 Å². The minimum Gasteiger partial charge on any atom is -0.285 e. The molecule has 0 N–H and O–H groups in total. The highest BCUT2D eigenvalue weighted by molar-refractivity contribution is 8.02. The molecule has 0 atom stereocenters. The van der Waals surface area contributed by atoms with E-state index in [2.05, 4.69) is 0 Å². The first-order valence-electron chi connectivity index (χ1n) is 3.26. The van der Waals surface area contributed by atoms with Crippen LogP contribution in [-0.4, -0.2) is 22.0 Å². The molecule has 1 fully saturated rings. The second kappa shape index (κ2) is 2.18. The zero-order valence-electron chi connectivity index (χ0n) is 5.39. The van der Waals surface area contributed by atoms with E-state index in [-0.39, 0.29) is 0 Å². The highest BCUT2D eigenvalue weighted by Gasteiger charge is 2.12. The van der Waals surface area contributed by atoms with Crippen LogP contribution in [0.25, 0.3) is 0 Å².